The van der Waals surface area contributed by atoms with Gasteiger partial charge in [0.25, 0.3) is 0 Å². The third-order valence-electron chi connectivity index (χ3n) is 1.24. The highest BCUT2D eigenvalue weighted by molar-refractivity contribution is 5.46. The Labute approximate surface area is 63.9 Å². The van der Waals surface area contributed by atoms with E-state index in [1.54, 1.807) is 12.3 Å². The van der Waals surface area contributed by atoms with Gasteiger partial charge in [0.2, 0.25) is 6.20 Å². The molecule has 11 heavy (non-hydrogen) atoms. The van der Waals surface area contributed by atoms with Gasteiger partial charge in [-0.25, -0.2) is 0 Å². The van der Waals surface area contributed by atoms with Gasteiger partial charge >= 0.3 is 0 Å². The van der Waals surface area contributed by atoms with Gasteiger partial charge in [0, 0.05) is 25.5 Å². The summed E-state index contributed by atoms with van der Waals surface area (Å²) in [4.78, 5) is 9.41. The van der Waals surface area contributed by atoms with E-state index in [9.17, 15) is 10.1 Å². The second-order valence-electron chi connectivity index (χ2n) is 2.21. The number of nitro groups is 1. The van der Waals surface area contributed by atoms with Gasteiger partial charge in [-0.15, -0.1) is 0 Å². The van der Waals surface area contributed by atoms with Crippen LogP contribution in [-0.2, 0) is 7.05 Å². The van der Waals surface area contributed by atoms with E-state index in [4.69, 9.17) is 0 Å². The molecule has 0 unspecified atom stereocenters. The zero-order valence-corrected chi connectivity index (χ0v) is 6.10. The fourth-order valence-electron chi connectivity index (χ4n) is 0.770. The van der Waals surface area contributed by atoms with Gasteiger partial charge in [-0.2, -0.15) is 0 Å². The van der Waals surface area contributed by atoms with Crippen molar-refractivity contribution in [3.63, 3.8) is 0 Å². The first-order valence-electron chi connectivity index (χ1n) is 3.12. The third kappa shape index (κ3) is 2.25. The summed E-state index contributed by atoms with van der Waals surface area (Å²) in [5.74, 6) is 0. The average molecular weight is 152 g/mol. The first kappa shape index (κ1) is 7.53. The predicted octanol–water partition coefficient (Wildman–Crippen LogP) is 1.27. The second kappa shape index (κ2) is 3.01. The Morgan fingerprint density at radius 3 is 2.91 bits per heavy atom. The van der Waals surface area contributed by atoms with Crippen LogP contribution in [0.1, 0.15) is 5.56 Å². The van der Waals surface area contributed by atoms with Gasteiger partial charge in [-0.05, 0) is 11.6 Å². The molecule has 1 rings (SSSR count). The van der Waals surface area contributed by atoms with E-state index in [1.807, 2.05) is 17.8 Å². The molecule has 58 valence electrons. The molecule has 0 aromatic carbocycles. The van der Waals surface area contributed by atoms with E-state index in [2.05, 4.69) is 0 Å². The molecule has 0 radical (unpaired) electrons. The van der Waals surface area contributed by atoms with Crippen molar-refractivity contribution in [2.24, 2.45) is 7.05 Å². The third-order valence-corrected chi connectivity index (χ3v) is 1.24. The van der Waals surface area contributed by atoms with Crippen molar-refractivity contribution >= 4 is 6.08 Å². The van der Waals surface area contributed by atoms with E-state index in [0.29, 0.717) is 0 Å². The highest BCUT2D eigenvalue weighted by atomic mass is 16.6. The minimum absolute atomic E-state index is 0.479. The number of rotatable bonds is 2. The number of hydrogen-bond acceptors (Lipinski definition) is 2. The number of aromatic nitrogens is 1. The van der Waals surface area contributed by atoms with Crippen molar-refractivity contribution in [2.45, 2.75) is 0 Å². The van der Waals surface area contributed by atoms with Crippen LogP contribution >= 0.6 is 0 Å². The summed E-state index contributed by atoms with van der Waals surface area (Å²) in [6.45, 7) is 0. The molecule has 0 spiro atoms. The molecular formula is C7H8N2O2. The molecule has 0 fully saturated rings. The maximum Gasteiger partial charge on any atom is 0.235 e. The SMILES string of the molecule is Cn1ccc(/C=C/[N+](=O)[O-])c1. The zero-order valence-electron chi connectivity index (χ0n) is 6.10. The fraction of sp³-hybridized carbons (Fsp3) is 0.143. The lowest BCUT2D eigenvalue weighted by Gasteiger charge is -1.82. The molecule has 0 saturated heterocycles. The molecule has 4 heteroatoms. The maximum absolute atomic E-state index is 9.89. The predicted molar refractivity (Wildman–Crippen MR) is 41.4 cm³/mol. The first-order chi connectivity index (χ1) is 5.18. The summed E-state index contributed by atoms with van der Waals surface area (Å²) in [5.41, 5.74) is 0.837. The Morgan fingerprint density at radius 2 is 2.45 bits per heavy atom. The Bertz CT molecular complexity index is 288. The molecule has 1 aromatic heterocycles. The van der Waals surface area contributed by atoms with Crippen molar-refractivity contribution in [3.8, 4) is 0 Å². The molecule has 0 aliphatic rings. The van der Waals surface area contributed by atoms with Crippen LogP contribution in [0.5, 0.6) is 0 Å². The average Bonchev–Trinajstić information content (AvgIpc) is 2.31. The molecule has 0 saturated carbocycles. The van der Waals surface area contributed by atoms with Gasteiger partial charge in [-0.1, -0.05) is 0 Å². The molecule has 0 aliphatic carbocycles. The van der Waals surface area contributed by atoms with Crippen LogP contribution in [0.25, 0.3) is 6.08 Å². The minimum Gasteiger partial charge on any atom is -0.357 e. The van der Waals surface area contributed by atoms with E-state index in [0.717, 1.165) is 11.8 Å². The molecule has 0 aliphatic heterocycles. The monoisotopic (exact) mass is 152 g/mol. The maximum atomic E-state index is 9.89. The van der Waals surface area contributed by atoms with Crippen molar-refractivity contribution in [1.82, 2.24) is 4.57 Å². The lowest BCUT2D eigenvalue weighted by molar-refractivity contribution is -0.400. The molecule has 4 nitrogen and oxygen atoms in total. The van der Waals surface area contributed by atoms with E-state index in [1.165, 1.54) is 6.08 Å². The van der Waals surface area contributed by atoms with Crippen molar-refractivity contribution in [3.05, 3.63) is 40.3 Å². The molecule has 0 amide bonds. The summed E-state index contributed by atoms with van der Waals surface area (Å²) >= 11 is 0. The van der Waals surface area contributed by atoms with Crippen LogP contribution < -0.4 is 0 Å². The van der Waals surface area contributed by atoms with E-state index in [-0.39, 0.29) is 0 Å². The minimum atomic E-state index is -0.479. The van der Waals surface area contributed by atoms with Crippen LogP contribution in [-0.4, -0.2) is 9.49 Å². The lowest BCUT2D eigenvalue weighted by Crippen LogP contribution is -1.81. The van der Waals surface area contributed by atoms with Crippen LogP contribution in [0.15, 0.2) is 24.7 Å². The largest absolute Gasteiger partial charge is 0.357 e. The first-order valence-corrected chi connectivity index (χ1v) is 3.12. The van der Waals surface area contributed by atoms with Gasteiger partial charge in [0.1, 0.15) is 0 Å². The van der Waals surface area contributed by atoms with Crippen molar-refractivity contribution in [2.75, 3.05) is 0 Å². The molecule has 0 bridgehead atoms. The summed E-state index contributed by atoms with van der Waals surface area (Å²) in [5, 5.41) is 9.89. The highest BCUT2D eigenvalue weighted by Gasteiger charge is 1.90. The number of nitrogens with zero attached hydrogens (tertiary/aromatic N) is 2. The Hall–Kier alpha value is -1.58. The topological polar surface area (TPSA) is 48.1 Å². The van der Waals surface area contributed by atoms with Gasteiger partial charge in [0.05, 0.1) is 4.92 Å². The molecule has 1 heterocycles. The summed E-state index contributed by atoms with van der Waals surface area (Å²) in [7, 11) is 1.86. The Balaban J connectivity index is 2.71. The highest BCUT2D eigenvalue weighted by Crippen LogP contribution is 2.01. The van der Waals surface area contributed by atoms with Gasteiger partial charge in [0.15, 0.2) is 0 Å². The lowest BCUT2D eigenvalue weighted by atomic mass is 10.3. The van der Waals surface area contributed by atoms with Crippen LogP contribution in [0.3, 0.4) is 0 Å². The van der Waals surface area contributed by atoms with Gasteiger partial charge < -0.3 is 4.57 Å². The smallest absolute Gasteiger partial charge is 0.235 e. The van der Waals surface area contributed by atoms with E-state index >= 15 is 0 Å². The number of hydrogen-bond donors (Lipinski definition) is 0. The molecule has 1 aromatic rings. The standard InChI is InChI=1S/C7H8N2O2/c1-8-4-2-7(6-8)3-5-9(10)11/h2-6H,1H3/b5-3+. The normalized spacial score (nSPS) is 10.6. The van der Waals surface area contributed by atoms with Crippen LogP contribution in [0, 0.1) is 10.1 Å². The number of aryl methyl sites for hydroxylation is 1. The quantitative estimate of drug-likeness (QED) is 0.473. The molecule has 0 atom stereocenters. The summed E-state index contributed by atoms with van der Waals surface area (Å²) in [6, 6.07) is 1.81. The Morgan fingerprint density at radius 1 is 1.73 bits per heavy atom. The van der Waals surface area contributed by atoms with Crippen LogP contribution in [0.4, 0.5) is 0 Å². The summed E-state index contributed by atoms with van der Waals surface area (Å²) in [6.07, 6.45) is 6.02. The van der Waals surface area contributed by atoms with Gasteiger partial charge in [-0.3, -0.25) is 10.1 Å². The van der Waals surface area contributed by atoms with Crippen molar-refractivity contribution < 1.29 is 4.92 Å². The molecule has 0 N–H and O–H groups in total. The zero-order chi connectivity index (χ0) is 8.27. The van der Waals surface area contributed by atoms with E-state index < -0.39 is 4.92 Å². The Kier molecular flexibility index (Phi) is 2.06. The van der Waals surface area contributed by atoms with Crippen LogP contribution in [0.2, 0.25) is 0 Å². The van der Waals surface area contributed by atoms with Crippen molar-refractivity contribution in [1.29, 1.82) is 0 Å². The molecular weight excluding hydrogens is 144 g/mol. The second-order valence-corrected chi connectivity index (χ2v) is 2.21. The summed E-state index contributed by atoms with van der Waals surface area (Å²) < 4.78 is 1.83. The fourth-order valence-corrected chi connectivity index (χ4v) is 0.770.